The third kappa shape index (κ3) is 5.79. The van der Waals surface area contributed by atoms with Gasteiger partial charge in [0.05, 0.1) is 11.9 Å². The van der Waals surface area contributed by atoms with Crippen LogP contribution in [-0.4, -0.2) is 65.3 Å². The minimum Gasteiger partial charge on any atom is -0.489 e. The molecule has 3 aromatic rings. The molecule has 2 aromatic carbocycles. The van der Waals surface area contributed by atoms with Gasteiger partial charge in [0.1, 0.15) is 24.2 Å². The van der Waals surface area contributed by atoms with Crippen molar-refractivity contribution in [3.8, 4) is 5.75 Å². The van der Waals surface area contributed by atoms with Crippen LogP contribution >= 0.6 is 0 Å². The Morgan fingerprint density at radius 3 is 2.64 bits per heavy atom. The third-order valence-corrected chi connectivity index (χ3v) is 7.44. The Balaban J connectivity index is 1.25. The number of hydrogen-bond donors (Lipinski definition) is 1. The second kappa shape index (κ2) is 10.5. The zero-order chi connectivity index (χ0) is 27.7. The van der Waals surface area contributed by atoms with E-state index < -0.39 is 12.1 Å². The van der Waals surface area contributed by atoms with E-state index in [4.69, 9.17) is 4.74 Å². The van der Waals surface area contributed by atoms with Crippen molar-refractivity contribution in [3.05, 3.63) is 77.4 Å². The van der Waals surface area contributed by atoms with Crippen LogP contribution < -0.4 is 15.0 Å². The van der Waals surface area contributed by atoms with Gasteiger partial charge in [-0.1, -0.05) is 26.0 Å². The van der Waals surface area contributed by atoms with E-state index in [1.54, 1.807) is 43.6 Å². The van der Waals surface area contributed by atoms with Gasteiger partial charge in [-0.15, -0.1) is 0 Å². The number of piperidine rings is 1. The monoisotopic (exact) mass is 533 g/mol. The van der Waals surface area contributed by atoms with Gasteiger partial charge in [-0.3, -0.25) is 9.59 Å². The third-order valence-electron chi connectivity index (χ3n) is 7.44. The molecule has 1 N–H and O–H groups in total. The van der Waals surface area contributed by atoms with Crippen LogP contribution in [0.2, 0.25) is 0 Å². The molecule has 3 heterocycles. The lowest BCUT2D eigenvalue weighted by atomic mass is 9.82. The molecule has 204 valence electrons. The predicted molar refractivity (Wildman–Crippen MR) is 143 cm³/mol. The van der Waals surface area contributed by atoms with Crippen LogP contribution in [0.5, 0.6) is 5.75 Å². The van der Waals surface area contributed by atoms with Crippen molar-refractivity contribution in [2.45, 2.75) is 39.2 Å². The number of nitrogens with one attached hydrogen (secondary N) is 1. The number of rotatable bonds is 4. The molecule has 0 saturated carbocycles. The van der Waals surface area contributed by atoms with E-state index in [0.717, 1.165) is 28.7 Å². The number of amides is 3. The Morgan fingerprint density at radius 2 is 1.90 bits per heavy atom. The van der Waals surface area contributed by atoms with E-state index in [2.05, 4.69) is 24.3 Å². The zero-order valence-electron chi connectivity index (χ0n) is 22.3. The van der Waals surface area contributed by atoms with E-state index in [0.29, 0.717) is 36.5 Å². The summed E-state index contributed by atoms with van der Waals surface area (Å²) in [7, 11) is 1.59. The van der Waals surface area contributed by atoms with Gasteiger partial charge in [-0.05, 0) is 59.7 Å². The lowest BCUT2D eigenvalue weighted by Gasteiger charge is -2.37. The molecule has 9 nitrogen and oxygen atoms in total. The molecular weight excluding hydrogens is 501 g/mol. The standard InChI is InChI=1S/C29H32FN5O4/c1-29(2)9-11-34(12-10-29)26(36)21-7-8-25-24(15-21)33(3)27(37)23(18-39-25)32-28(38)35-17-20(16-31-35)13-19-5-4-6-22(30)14-19/h4-8,14-17,23H,9-13,18H2,1-3H3,(H,32,38). The van der Waals surface area contributed by atoms with E-state index in [9.17, 15) is 18.8 Å². The molecule has 1 saturated heterocycles. The first kappa shape index (κ1) is 26.4. The number of likely N-dealkylation sites (N-methyl/N-ethyl adjacent to an activating group) is 1. The summed E-state index contributed by atoms with van der Waals surface area (Å²) in [6.07, 6.45) is 5.36. The van der Waals surface area contributed by atoms with Gasteiger partial charge in [-0.25, -0.2) is 9.18 Å². The number of carbonyl (C=O) groups is 3. The van der Waals surface area contributed by atoms with Gasteiger partial charge in [0.2, 0.25) is 0 Å². The second-order valence-electron chi connectivity index (χ2n) is 10.9. The number of anilines is 1. The minimum atomic E-state index is -0.964. The maximum absolute atomic E-state index is 13.5. The number of fused-ring (bicyclic) bond motifs is 1. The summed E-state index contributed by atoms with van der Waals surface area (Å²) >= 11 is 0. The number of benzene rings is 2. The van der Waals surface area contributed by atoms with Gasteiger partial charge in [0.25, 0.3) is 11.8 Å². The summed E-state index contributed by atoms with van der Waals surface area (Å²) in [5.41, 5.74) is 2.66. The SMILES string of the molecule is CN1C(=O)C(NC(=O)n2cc(Cc3cccc(F)c3)cn2)COc2ccc(C(=O)N3CCC(C)(C)CC3)cc21. The van der Waals surface area contributed by atoms with Crippen LogP contribution in [0.3, 0.4) is 0 Å². The van der Waals surface area contributed by atoms with Crippen molar-refractivity contribution in [3.63, 3.8) is 0 Å². The molecule has 39 heavy (non-hydrogen) atoms. The molecule has 0 aliphatic carbocycles. The van der Waals surface area contributed by atoms with Crippen LogP contribution in [-0.2, 0) is 11.2 Å². The molecule has 1 atom stereocenters. The molecule has 0 spiro atoms. The highest BCUT2D eigenvalue weighted by Gasteiger charge is 2.33. The van der Waals surface area contributed by atoms with Crippen LogP contribution in [0, 0.1) is 11.2 Å². The number of aromatic nitrogens is 2. The Labute approximate surface area is 226 Å². The largest absolute Gasteiger partial charge is 0.489 e. The van der Waals surface area contributed by atoms with E-state index >= 15 is 0 Å². The summed E-state index contributed by atoms with van der Waals surface area (Å²) in [4.78, 5) is 42.6. The van der Waals surface area contributed by atoms with Gasteiger partial charge >= 0.3 is 6.03 Å². The molecule has 2 aliphatic heterocycles. The lowest BCUT2D eigenvalue weighted by Crippen LogP contribution is -2.50. The second-order valence-corrected chi connectivity index (χ2v) is 10.9. The maximum Gasteiger partial charge on any atom is 0.342 e. The summed E-state index contributed by atoms with van der Waals surface area (Å²) in [6.45, 7) is 5.73. The van der Waals surface area contributed by atoms with E-state index in [1.807, 2.05) is 4.90 Å². The minimum absolute atomic E-state index is 0.0732. The molecule has 2 aliphatic rings. The summed E-state index contributed by atoms with van der Waals surface area (Å²) in [6, 6.07) is 9.74. The number of nitrogens with zero attached hydrogens (tertiary/aromatic N) is 4. The Morgan fingerprint density at radius 1 is 1.13 bits per heavy atom. The molecule has 1 fully saturated rings. The zero-order valence-corrected chi connectivity index (χ0v) is 22.3. The molecule has 0 radical (unpaired) electrons. The Hall–Kier alpha value is -4.21. The van der Waals surface area contributed by atoms with Crippen molar-refractivity contribution in [2.75, 3.05) is 31.6 Å². The molecule has 1 unspecified atom stereocenters. The quantitative estimate of drug-likeness (QED) is 0.550. The Bertz CT molecular complexity index is 1410. The number of carbonyl (C=O) groups excluding carboxylic acids is 3. The van der Waals surface area contributed by atoms with Crippen LogP contribution in [0.1, 0.15) is 48.2 Å². The number of likely N-dealkylation sites (tertiary alicyclic amines) is 1. The highest BCUT2D eigenvalue weighted by Crippen LogP contribution is 2.34. The number of ether oxygens (including phenoxy) is 1. The van der Waals surface area contributed by atoms with Gasteiger partial charge in [0, 0.05) is 38.3 Å². The molecule has 10 heteroatoms. The normalized spacial score (nSPS) is 18.7. The topological polar surface area (TPSA) is 96.8 Å². The van der Waals surface area contributed by atoms with Crippen LogP contribution in [0.25, 0.3) is 0 Å². The van der Waals surface area contributed by atoms with Crippen molar-refractivity contribution in [1.82, 2.24) is 20.0 Å². The van der Waals surface area contributed by atoms with E-state index in [1.165, 1.54) is 23.2 Å². The predicted octanol–water partition coefficient (Wildman–Crippen LogP) is 3.86. The number of hydrogen-bond acceptors (Lipinski definition) is 5. The molecule has 3 amide bonds. The van der Waals surface area contributed by atoms with E-state index in [-0.39, 0.29) is 29.7 Å². The fourth-order valence-corrected chi connectivity index (χ4v) is 4.89. The molecule has 0 bridgehead atoms. The smallest absolute Gasteiger partial charge is 0.342 e. The molecular formula is C29H32FN5O4. The Kier molecular flexibility index (Phi) is 7.12. The van der Waals surface area contributed by atoms with Gasteiger partial charge < -0.3 is 19.9 Å². The first-order chi connectivity index (χ1) is 18.6. The number of halogens is 1. The lowest BCUT2D eigenvalue weighted by molar-refractivity contribution is -0.120. The van der Waals surface area contributed by atoms with Crippen LogP contribution in [0.4, 0.5) is 14.9 Å². The molecule has 1 aromatic heterocycles. The fourth-order valence-electron chi connectivity index (χ4n) is 4.89. The van der Waals surface area contributed by atoms with Gasteiger partial charge in [0.15, 0.2) is 0 Å². The van der Waals surface area contributed by atoms with Gasteiger partial charge in [-0.2, -0.15) is 9.78 Å². The highest BCUT2D eigenvalue weighted by atomic mass is 19.1. The first-order valence-electron chi connectivity index (χ1n) is 13.0. The van der Waals surface area contributed by atoms with Crippen molar-refractivity contribution < 1.29 is 23.5 Å². The fraction of sp³-hybridized carbons (Fsp3) is 0.379. The van der Waals surface area contributed by atoms with Crippen molar-refractivity contribution in [2.24, 2.45) is 5.41 Å². The highest BCUT2D eigenvalue weighted by molar-refractivity contribution is 6.02. The maximum atomic E-state index is 13.5. The first-order valence-corrected chi connectivity index (χ1v) is 13.0. The van der Waals surface area contributed by atoms with Crippen molar-refractivity contribution in [1.29, 1.82) is 0 Å². The summed E-state index contributed by atoms with van der Waals surface area (Å²) in [5, 5.41) is 6.78. The average molecular weight is 534 g/mol. The summed E-state index contributed by atoms with van der Waals surface area (Å²) in [5.74, 6) is -0.327. The average Bonchev–Trinajstić information content (AvgIpc) is 3.34. The van der Waals surface area contributed by atoms with Crippen LogP contribution in [0.15, 0.2) is 54.9 Å². The van der Waals surface area contributed by atoms with Crippen molar-refractivity contribution >= 4 is 23.5 Å². The summed E-state index contributed by atoms with van der Waals surface area (Å²) < 4.78 is 20.5. The molecule has 5 rings (SSSR count).